The number of benzene rings is 2. The zero-order chi connectivity index (χ0) is 22.6. The Bertz CT molecular complexity index is 1100. The molecular formula is C26H28N2O5. The molecule has 1 aromatic heterocycles. The number of fused-ring (bicyclic) bond motifs is 1. The molecule has 3 aromatic rings. The Morgan fingerprint density at radius 1 is 0.970 bits per heavy atom. The third-order valence-electron chi connectivity index (χ3n) is 6.09. The third-order valence-corrected chi connectivity index (χ3v) is 6.09. The van der Waals surface area contributed by atoms with Gasteiger partial charge in [-0.05, 0) is 54.1 Å². The molecule has 5 rings (SSSR count). The summed E-state index contributed by atoms with van der Waals surface area (Å²) in [7, 11) is 1.63. The van der Waals surface area contributed by atoms with Gasteiger partial charge in [-0.25, -0.2) is 0 Å². The van der Waals surface area contributed by atoms with Crippen LogP contribution in [0.25, 0.3) is 11.3 Å². The maximum absolute atomic E-state index is 13.2. The number of ether oxygens (including phenoxy) is 3. The van der Waals surface area contributed by atoms with E-state index in [1.807, 2.05) is 36.4 Å². The van der Waals surface area contributed by atoms with E-state index < -0.39 is 0 Å². The van der Waals surface area contributed by atoms with Crippen LogP contribution in [-0.2, 0) is 17.8 Å². The molecule has 0 bridgehead atoms. The van der Waals surface area contributed by atoms with Crippen molar-refractivity contribution < 1.29 is 23.4 Å². The molecule has 0 N–H and O–H groups in total. The SMILES string of the molecule is COc1ccc(-c2ccc(C(=O)N3CCOc4ccc(CN5CCOCC5)cc4C3)o2)cc1. The number of hydrogen-bond donors (Lipinski definition) is 0. The molecule has 0 spiro atoms. The van der Waals surface area contributed by atoms with Gasteiger partial charge in [-0.2, -0.15) is 0 Å². The minimum atomic E-state index is -0.134. The lowest BCUT2D eigenvalue weighted by Crippen LogP contribution is -2.35. The quantitative estimate of drug-likeness (QED) is 0.591. The summed E-state index contributed by atoms with van der Waals surface area (Å²) in [5, 5.41) is 0. The van der Waals surface area contributed by atoms with Gasteiger partial charge in [0.1, 0.15) is 23.9 Å². The van der Waals surface area contributed by atoms with E-state index >= 15 is 0 Å². The molecule has 0 atom stereocenters. The molecule has 0 saturated carbocycles. The topological polar surface area (TPSA) is 64.4 Å². The minimum Gasteiger partial charge on any atom is -0.497 e. The Labute approximate surface area is 193 Å². The van der Waals surface area contributed by atoms with E-state index in [1.165, 1.54) is 5.56 Å². The Kier molecular flexibility index (Phi) is 6.32. The molecule has 1 fully saturated rings. The standard InChI is InChI=1S/C26H28N2O5/c1-30-22-5-3-20(4-6-22)24-8-9-25(33-24)26(29)28-12-15-32-23-7-2-19(16-21(23)18-28)17-27-10-13-31-14-11-27/h2-9,16H,10-15,17-18H2,1H3. The molecule has 172 valence electrons. The van der Waals surface area contributed by atoms with Crippen molar-refractivity contribution in [3.8, 4) is 22.8 Å². The van der Waals surface area contributed by atoms with Crippen molar-refractivity contribution in [2.45, 2.75) is 13.1 Å². The van der Waals surface area contributed by atoms with Crippen molar-refractivity contribution in [3.05, 3.63) is 71.5 Å². The summed E-state index contributed by atoms with van der Waals surface area (Å²) < 4.78 is 22.5. The number of methoxy groups -OCH3 is 1. The predicted octanol–water partition coefficient (Wildman–Crippen LogP) is 3.82. The van der Waals surface area contributed by atoms with Gasteiger partial charge in [0.2, 0.25) is 0 Å². The first-order chi connectivity index (χ1) is 16.2. The summed E-state index contributed by atoms with van der Waals surface area (Å²) in [5.41, 5.74) is 3.13. The van der Waals surface area contributed by atoms with Crippen LogP contribution in [-0.4, -0.2) is 62.3 Å². The third kappa shape index (κ3) is 4.89. The van der Waals surface area contributed by atoms with Crippen molar-refractivity contribution in [1.82, 2.24) is 9.80 Å². The minimum absolute atomic E-state index is 0.134. The second kappa shape index (κ2) is 9.68. The molecule has 0 aliphatic carbocycles. The summed E-state index contributed by atoms with van der Waals surface area (Å²) in [6.45, 7) is 5.74. The van der Waals surface area contributed by atoms with Gasteiger partial charge in [-0.1, -0.05) is 6.07 Å². The Balaban J connectivity index is 1.30. The van der Waals surface area contributed by atoms with Gasteiger partial charge < -0.3 is 23.5 Å². The fourth-order valence-corrected chi connectivity index (χ4v) is 4.26. The van der Waals surface area contributed by atoms with E-state index in [4.69, 9.17) is 18.6 Å². The fraction of sp³-hybridized carbons (Fsp3) is 0.346. The van der Waals surface area contributed by atoms with E-state index in [0.717, 1.165) is 55.5 Å². The number of carbonyl (C=O) groups is 1. The second-order valence-corrected chi connectivity index (χ2v) is 8.30. The first-order valence-corrected chi connectivity index (χ1v) is 11.3. The summed E-state index contributed by atoms with van der Waals surface area (Å²) in [6, 6.07) is 17.4. The highest BCUT2D eigenvalue weighted by Gasteiger charge is 2.24. The molecule has 2 aliphatic rings. The van der Waals surface area contributed by atoms with E-state index in [9.17, 15) is 4.79 Å². The molecule has 1 amide bonds. The molecule has 2 aromatic carbocycles. The van der Waals surface area contributed by atoms with Crippen LogP contribution < -0.4 is 9.47 Å². The van der Waals surface area contributed by atoms with Crippen LogP contribution in [0.4, 0.5) is 0 Å². The van der Waals surface area contributed by atoms with E-state index in [0.29, 0.717) is 31.2 Å². The number of carbonyl (C=O) groups excluding carboxylic acids is 1. The molecule has 0 unspecified atom stereocenters. The summed E-state index contributed by atoms with van der Waals surface area (Å²) in [5.74, 6) is 2.46. The maximum atomic E-state index is 13.2. The zero-order valence-electron chi connectivity index (χ0n) is 18.8. The Morgan fingerprint density at radius 2 is 1.79 bits per heavy atom. The largest absolute Gasteiger partial charge is 0.497 e. The van der Waals surface area contributed by atoms with Gasteiger partial charge >= 0.3 is 0 Å². The van der Waals surface area contributed by atoms with E-state index in [1.54, 1.807) is 18.1 Å². The Morgan fingerprint density at radius 3 is 2.58 bits per heavy atom. The second-order valence-electron chi connectivity index (χ2n) is 8.30. The van der Waals surface area contributed by atoms with Crippen molar-refractivity contribution in [1.29, 1.82) is 0 Å². The summed E-state index contributed by atoms with van der Waals surface area (Å²) >= 11 is 0. The molecule has 7 nitrogen and oxygen atoms in total. The number of nitrogens with zero attached hydrogens (tertiary/aromatic N) is 2. The Hall–Kier alpha value is -3.29. The van der Waals surface area contributed by atoms with E-state index in [-0.39, 0.29) is 5.91 Å². The van der Waals surface area contributed by atoms with Crippen molar-refractivity contribution in [3.63, 3.8) is 0 Å². The normalized spacial score (nSPS) is 16.6. The number of hydrogen-bond acceptors (Lipinski definition) is 6. The highest BCUT2D eigenvalue weighted by atomic mass is 16.5. The van der Waals surface area contributed by atoms with Crippen LogP contribution in [0.2, 0.25) is 0 Å². The van der Waals surface area contributed by atoms with Gasteiger partial charge in [-0.3, -0.25) is 9.69 Å². The lowest BCUT2D eigenvalue weighted by atomic mass is 10.1. The van der Waals surface area contributed by atoms with Crippen molar-refractivity contribution >= 4 is 5.91 Å². The van der Waals surface area contributed by atoms with Crippen LogP contribution in [0.15, 0.2) is 59.0 Å². The zero-order valence-corrected chi connectivity index (χ0v) is 18.8. The van der Waals surface area contributed by atoms with Gasteiger partial charge in [0.25, 0.3) is 5.91 Å². The lowest BCUT2D eigenvalue weighted by molar-refractivity contribution is 0.0341. The van der Waals surface area contributed by atoms with Crippen molar-refractivity contribution in [2.24, 2.45) is 0 Å². The van der Waals surface area contributed by atoms with Crippen LogP contribution >= 0.6 is 0 Å². The lowest BCUT2D eigenvalue weighted by Gasteiger charge is -2.27. The maximum Gasteiger partial charge on any atom is 0.290 e. The fourth-order valence-electron chi connectivity index (χ4n) is 4.26. The van der Waals surface area contributed by atoms with Crippen molar-refractivity contribution in [2.75, 3.05) is 46.6 Å². The monoisotopic (exact) mass is 448 g/mol. The number of rotatable bonds is 5. The number of furan rings is 1. The first kappa shape index (κ1) is 21.6. The summed E-state index contributed by atoms with van der Waals surface area (Å²) in [6.07, 6.45) is 0. The van der Waals surface area contributed by atoms with Gasteiger partial charge in [0.15, 0.2) is 5.76 Å². The van der Waals surface area contributed by atoms with Crippen LogP contribution in [0.3, 0.4) is 0 Å². The van der Waals surface area contributed by atoms with Crippen LogP contribution in [0, 0.1) is 0 Å². The highest BCUT2D eigenvalue weighted by Crippen LogP contribution is 2.28. The van der Waals surface area contributed by atoms with E-state index in [2.05, 4.69) is 17.0 Å². The molecule has 3 heterocycles. The molecule has 2 aliphatic heterocycles. The average molecular weight is 449 g/mol. The highest BCUT2D eigenvalue weighted by molar-refractivity contribution is 5.92. The first-order valence-electron chi connectivity index (χ1n) is 11.3. The van der Waals surface area contributed by atoms with Gasteiger partial charge in [0.05, 0.1) is 26.9 Å². The number of amides is 1. The van der Waals surface area contributed by atoms with Gasteiger partial charge in [0, 0.05) is 37.3 Å². The predicted molar refractivity (Wildman–Crippen MR) is 123 cm³/mol. The molecule has 1 saturated heterocycles. The smallest absolute Gasteiger partial charge is 0.290 e. The molecule has 33 heavy (non-hydrogen) atoms. The van der Waals surface area contributed by atoms with Crippen LogP contribution in [0.5, 0.6) is 11.5 Å². The average Bonchev–Trinajstić information content (AvgIpc) is 3.25. The van der Waals surface area contributed by atoms with Crippen LogP contribution in [0.1, 0.15) is 21.7 Å². The molecule has 0 radical (unpaired) electrons. The number of morpholine rings is 1. The molecular weight excluding hydrogens is 420 g/mol. The summed E-state index contributed by atoms with van der Waals surface area (Å²) in [4.78, 5) is 17.4. The molecule has 7 heteroatoms. The van der Waals surface area contributed by atoms with Gasteiger partial charge in [-0.15, -0.1) is 0 Å².